The largest absolute Gasteiger partial charge is 0.372 e. The van der Waals surface area contributed by atoms with Crippen LogP contribution in [0.2, 0.25) is 0 Å². The van der Waals surface area contributed by atoms with Gasteiger partial charge in [-0.05, 0) is 50.1 Å². The van der Waals surface area contributed by atoms with E-state index in [0.717, 1.165) is 29.0 Å². The maximum absolute atomic E-state index is 4.55. The zero-order valence-electron chi connectivity index (χ0n) is 13.3. The highest BCUT2D eigenvalue weighted by molar-refractivity contribution is 7.13. The van der Waals surface area contributed by atoms with Crippen LogP contribution in [-0.2, 0) is 6.54 Å². The SMILES string of the molecule is CNCc1csc(Nc2ccc(N3CCC(C)CC3)cc2)n1. The number of hydrogen-bond acceptors (Lipinski definition) is 5. The van der Waals surface area contributed by atoms with Crippen molar-refractivity contribution in [1.29, 1.82) is 0 Å². The molecular weight excluding hydrogens is 292 g/mol. The molecule has 0 radical (unpaired) electrons. The monoisotopic (exact) mass is 316 g/mol. The van der Waals surface area contributed by atoms with Crippen molar-refractivity contribution in [2.45, 2.75) is 26.3 Å². The first-order valence-electron chi connectivity index (χ1n) is 7.95. The molecule has 2 aromatic rings. The van der Waals surface area contributed by atoms with Crippen molar-refractivity contribution in [3.63, 3.8) is 0 Å². The van der Waals surface area contributed by atoms with Crippen LogP contribution in [0.3, 0.4) is 0 Å². The van der Waals surface area contributed by atoms with Gasteiger partial charge in [-0.1, -0.05) is 6.92 Å². The van der Waals surface area contributed by atoms with Crippen molar-refractivity contribution in [3.8, 4) is 0 Å². The molecule has 1 aliphatic rings. The average Bonchev–Trinajstić information content (AvgIpc) is 2.97. The van der Waals surface area contributed by atoms with Crippen LogP contribution in [0.25, 0.3) is 0 Å². The molecule has 0 bridgehead atoms. The molecule has 4 nitrogen and oxygen atoms in total. The number of anilines is 3. The molecule has 1 fully saturated rings. The Labute approximate surface area is 136 Å². The molecule has 1 aromatic carbocycles. The molecule has 1 aromatic heterocycles. The van der Waals surface area contributed by atoms with E-state index < -0.39 is 0 Å². The quantitative estimate of drug-likeness (QED) is 0.879. The number of hydrogen-bond donors (Lipinski definition) is 2. The summed E-state index contributed by atoms with van der Waals surface area (Å²) >= 11 is 1.64. The van der Waals surface area contributed by atoms with Crippen LogP contribution in [0.15, 0.2) is 29.6 Å². The molecule has 1 aliphatic heterocycles. The van der Waals surface area contributed by atoms with Gasteiger partial charge in [0.25, 0.3) is 0 Å². The van der Waals surface area contributed by atoms with E-state index in [4.69, 9.17) is 0 Å². The van der Waals surface area contributed by atoms with E-state index in [1.54, 1.807) is 11.3 Å². The molecular formula is C17H24N4S. The van der Waals surface area contributed by atoms with Gasteiger partial charge in [0.15, 0.2) is 5.13 Å². The molecule has 0 spiro atoms. The third-order valence-corrected chi connectivity index (χ3v) is 4.98. The minimum absolute atomic E-state index is 0.810. The highest BCUT2D eigenvalue weighted by Crippen LogP contribution is 2.26. The third-order valence-electron chi connectivity index (χ3n) is 4.18. The number of thiazole rings is 1. The highest BCUT2D eigenvalue weighted by atomic mass is 32.1. The molecule has 1 saturated heterocycles. The standard InChI is InChI=1S/C17H24N4S/c1-13-7-9-21(10-8-13)16-5-3-14(4-6-16)19-17-20-15(11-18-2)12-22-17/h3-6,12-13,18H,7-11H2,1-2H3,(H,19,20). The van der Waals surface area contributed by atoms with Gasteiger partial charge in [-0.15, -0.1) is 11.3 Å². The van der Waals surface area contributed by atoms with E-state index in [1.165, 1.54) is 31.6 Å². The van der Waals surface area contributed by atoms with Gasteiger partial charge in [-0.3, -0.25) is 0 Å². The van der Waals surface area contributed by atoms with Crippen molar-refractivity contribution in [2.24, 2.45) is 5.92 Å². The summed E-state index contributed by atoms with van der Waals surface area (Å²) in [5.41, 5.74) is 3.50. The fourth-order valence-corrected chi connectivity index (χ4v) is 3.50. The van der Waals surface area contributed by atoms with E-state index in [1.807, 2.05) is 7.05 Å². The van der Waals surface area contributed by atoms with E-state index in [9.17, 15) is 0 Å². The van der Waals surface area contributed by atoms with E-state index in [-0.39, 0.29) is 0 Å². The van der Waals surface area contributed by atoms with Crippen LogP contribution in [0.5, 0.6) is 0 Å². The van der Waals surface area contributed by atoms with Gasteiger partial charge in [0.1, 0.15) is 0 Å². The summed E-state index contributed by atoms with van der Waals surface area (Å²) in [5.74, 6) is 0.869. The van der Waals surface area contributed by atoms with Crippen molar-refractivity contribution in [2.75, 3.05) is 30.4 Å². The molecule has 0 unspecified atom stereocenters. The minimum atomic E-state index is 0.810. The number of rotatable bonds is 5. The summed E-state index contributed by atoms with van der Waals surface area (Å²) in [5, 5.41) is 9.53. The maximum atomic E-state index is 4.55. The molecule has 0 aliphatic carbocycles. The van der Waals surface area contributed by atoms with Crippen molar-refractivity contribution in [1.82, 2.24) is 10.3 Å². The highest BCUT2D eigenvalue weighted by Gasteiger charge is 2.15. The first-order valence-corrected chi connectivity index (χ1v) is 8.83. The predicted octanol–water partition coefficient (Wildman–Crippen LogP) is 3.84. The summed E-state index contributed by atoms with van der Waals surface area (Å²) in [6.07, 6.45) is 2.60. The van der Waals surface area contributed by atoms with Gasteiger partial charge in [0.2, 0.25) is 0 Å². The Morgan fingerprint density at radius 1 is 1.23 bits per heavy atom. The lowest BCUT2D eigenvalue weighted by Gasteiger charge is -2.32. The van der Waals surface area contributed by atoms with E-state index in [2.05, 4.69) is 57.1 Å². The fourth-order valence-electron chi connectivity index (χ4n) is 2.77. The number of aromatic nitrogens is 1. The molecule has 0 amide bonds. The number of piperidine rings is 1. The van der Waals surface area contributed by atoms with Crippen molar-refractivity contribution >= 4 is 27.8 Å². The second kappa shape index (κ2) is 7.11. The van der Waals surface area contributed by atoms with Gasteiger partial charge in [-0.25, -0.2) is 4.98 Å². The smallest absolute Gasteiger partial charge is 0.187 e. The molecule has 2 heterocycles. The first-order chi connectivity index (χ1) is 10.7. The van der Waals surface area contributed by atoms with Gasteiger partial charge in [0.05, 0.1) is 5.69 Å². The second-order valence-electron chi connectivity index (χ2n) is 6.02. The lowest BCUT2D eigenvalue weighted by atomic mass is 9.99. The fraction of sp³-hybridized carbons (Fsp3) is 0.471. The Hall–Kier alpha value is -1.59. The van der Waals surface area contributed by atoms with Crippen LogP contribution < -0.4 is 15.5 Å². The summed E-state index contributed by atoms with van der Waals surface area (Å²) in [6.45, 7) is 5.51. The van der Waals surface area contributed by atoms with Gasteiger partial charge in [0, 0.05) is 36.4 Å². The summed E-state index contributed by atoms with van der Waals surface area (Å²) in [6, 6.07) is 8.71. The van der Waals surface area contributed by atoms with Crippen molar-refractivity contribution < 1.29 is 0 Å². The number of benzene rings is 1. The Kier molecular flexibility index (Phi) is 4.95. The van der Waals surface area contributed by atoms with Gasteiger partial charge < -0.3 is 15.5 Å². The molecule has 2 N–H and O–H groups in total. The summed E-state index contributed by atoms with van der Waals surface area (Å²) in [4.78, 5) is 7.03. The topological polar surface area (TPSA) is 40.2 Å². The van der Waals surface area contributed by atoms with Crippen LogP contribution >= 0.6 is 11.3 Å². The molecule has 3 rings (SSSR count). The van der Waals surface area contributed by atoms with Gasteiger partial charge in [-0.2, -0.15) is 0 Å². The zero-order valence-corrected chi connectivity index (χ0v) is 14.1. The van der Waals surface area contributed by atoms with E-state index in [0.29, 0.717) is 0 Å². The van der Waals surface area contributed by atoms with Crippen LogP contribution in [0.4, 0.5) is 16.5 Å². The number of nitrogens with zero attached hydrogens (tertiary/aromatic N) is 2. The van der Waals surface area contributed by atoms with Crippen LogP contribution in [-0.4, -0.2) is 25.1 Å². The molecule has 22 heavy (non-hydrogen) atoms. The van der Waals surface area contributed by atoms with Crippen molar-refractivity contribution in [3.05, 3.63) is 35.3 Å². The Bertz CT molecular complexity index is 585. The van der Waals surface area contributed by atoms with Gasteiger partial charge >= 0.3 is 0 Å². The minimum Gasteiger partial charge on any atom is -0.372 e. The molecule has 118 valence electrons. The Balaban J connectivity index is 1.61. The third kappa shape index (κ3) is 3.78. The Morgan fingerprint density at radius 2 is 1.95 bits per heavy atom. The number of nitrogens with one attached hydrogen (secondary N) is 2. The normalized spacial score (nSPS) is 16.0. The maximum Gasteiger partial charge on any atom is 0.187 e. The van der Waals surface area contributed by atoms with E-state index >= 15 is 0 Å². The Morgan fingerprint density at radius 3 is 2.64 bits per heavy atom. The van der Waals surface area contributed by atoms with Crippen LogP contribution in [0.1, 0.15) is 25.5 Å². The predicted molar refractivity (Wildman–Crippen MR) is 95.2 cm³/mol. The zero-order chi connectivity index (χ0) is 15.4. The first kappa shape index (κ1) is 15.3. The second-order valence-corrected chi connectivity index (χ2v) is 6.87. The summed E-state index contributed by atoms with van der Waals surface area (Å²) < 4.78 is 0. The molecule has 0 atom stereocenters. The average molecular weight is 316 g/mol. The summed E-state index contributed by atoms with van der Waals surface area (Å²) in [7, 11) is 1.94. The van der Waals surface area contributed by atoms with Crippen LogP contribution in [0, 0.1) is 5.92 Å². The lowest BCUT2D eigenvalue weighted by Crippen LogP contribution is -2.32. The molecule has 0 saturated carbocycles. The molecule has 5 heteroatoms. The lowest BCUT2D eigenvalue weighted by molar-refractivity contribution is 0.438.